The van der Waals surface area contributed by atoms with Gasteiger partial charge in [0.25, 0.3) is 0 Å². The molecule has 2 rings (SSSR count). The van der Waals surface area contributed by atoms with E-state index >= 15 is 0 Å². The van der Waals surface area contributed by atoms with E-state index in [0.29, 0.717) is 6.61 Å². The normalized spacial score (nSPS) is 12.1. The molecule has 0 radical (unpaired) electrons. The fraction of sp³-hybridized carbons (Fsp3) is 0.333. The van der Waals surface area contributed by atoms with Crippen LogP contribution in [-0.2, 0) is 6.54 Å². The Morgan fingerprint density at radius 1 is 1.10 bits per heavy atom. The second kappa shape index (κ2) is 7.81. The van der Waals surface area contributed by atoms with Gasteiger partial charge in [0, 0.05) is 18.2 Å². The summed E-state index contributed by atoms with van der Waals surface area (Å²) in [4.78, 5) is 0. The summed E-state index contributed by atoms with van der Waals surface area (Å²) < 4.78 is 5.55. The SMILES string of the molecule is Cc1ccc(C(C)NCc2ccccc2OCCO)cc1. The average molecular weight is 285 g/mol. The molecular formula is C18H23NO2. The van der Waals surface area contributed by atoms with Crippen molar-refractivity contribution in [2.24, 2.45) is 0 Å². The molecule has 1 unspecified atom stereocenters. The van der Waals surface area contributed by atoms with E-state index in [4.69, 9.17) is 9.84 Å². The largest absolute Gasteiger partial charge is 0.491 e. The van der Waals surface area contributed by atoms with Crippen molar-refractivity contribution < 1.29 is 9.84 Å². The number of para-hydroxylation sites is 1. The van der Waals surface area contributed by atoms with E-state index in [1.807, 2.05) is 24.3 Å². The molecule has 2 N–H and O–H groups in total. The Kier molecular flexibility index (Phi) is 5.78. The molecule has 2 aromatic carbocycles. The van der Waals surface area contributed by atoms with Crippen LogP contribution in [0.15, 0.2) is 48.5 Å². The molecule has 2 aromatic rings. The molecule has 0 aliphatic carbocycles. The highest BCUT2D eigenvalue weighted by atomic mass is 16.5. The fourth-order valence-electron chi connectivity index (χ4n) is 2.18. The number of benzene rings is 2. The minimum atomic E-state index is 0.0293. The van der Waals surface area contributed by atoms with Crippen LogP contribution in [0.25, 0.3) is 0 Å². The van der Waals surface area contributed by atoms with Crippen LogP contribution in [0.1, 0.15) is 29.7 Å². The van der Waals surface area contributed by atoms with Crippen LogP contribution in [0.5, 0.6) is 5.75 Å². The number of hydrogen-bond acceptors (Lipinski definition) is 3. The summed E-state index contributed by atoms with van der Waals surface area (Å²) in [7, 11) is 0. The lowest BCUT2D eigenvalue weighted by Crippen LogP contribution is -2.18. The molecule has 0 fully saturated rings. The third kappa shape index (κ3) is 4.59. The predicted octanol–water partition coefficient (Wildman–Crippen LogP) is 3.22. The van der Waals surface area contributed by atoms with Crippen molar-refractivity contribution in [3.05, 3.63) is 65.2 Å². The van der Waals surface area contributed by atoms with Gasteiger partial charge in [-0.1, -0.05) is 48.0 Å². The molecule has 0 heterocycles. The van der Waals surface area contributed by atoms with Gasteiger partial charge in [0.05, 0.1) is 6.61 Å². The zero-order chi connectivity index (χ0) is 15.1. The first-order valence-electron chi connectivity index (χ1n) is 7.32. The molecule has 0 saturated heterocycles. The second-order valence-electron chi connectivity index (χ2n) is 5.19. The van der Waals surface area contributed by atoms with Gasteiger partial charge >= 0.3 is 0 Å². The van der Waals surface area contributed by atoms with Crippen molar-refractivity contribution in [1.82, 2.24) is 5.32 Å². The van der Waals surface area contributed by atoms with E-state index < -0.39 is 0 Å². The molecule has 112 valence electrons. The summed E-state index contributed by atoms with van der Waals surface area (Å²) in [6.45, 7) is 5.33. The molecule has 0 spiro atoms. The summed E-state index contributed by atoms with van der Waals surface area (Å²) in [5, 5.41) is 12.4. The third-order valence-electron chi connectivity index (χ3n) is 3.50. The first-order valence-corrected chi connectivity index (χ1v) is 7.32. The van der Waals surface area contributed by atoms with Gasteiger partial charge in [0.1, 0.15) is 12.4 Å². The van der Waals surface area contributed by atoms with Crippen LogP contribution < -0.4 is 10.1 Å². The van der Waals surface area contributed by atoms with Crippen LogP contribution >= 0.6 is 0 Å². The average Bonchev–Trinajstić information content (AvgIpc) is 2.52. The predicted molar refractivity (Wildman–Crippen MR) is 85.5 cm³/mol. The maximum absolute atomic E-state index is 8.87. The topological polar surface area (TPSA) is 41.5 Å². The summed E-state index contributed by atoms with van der Waals surface area (Å²) in [5.74, 6) is 0.829. The van der Waals surface area contributed by atoms with Crippen LogP contribution in [0.4, 0.5) is 0 Å². The number of aryl methyl sites for hydroxylation is 1. The van der Waals surface area contributed by atoms with Gasteiger partial charge in [0.2, 0.25) is 0 Å². The Labute approximate surface area is 126 Å². The smallest absolute Gasteiger partial charge is 0.123 e. The van der Waals surface area contributed by atoms with Crippen molar-refractivity contribution in [3.63, 3.8) is 0 Å². The van der Waals surface area contributed by atoms with Crippen molar-refractivity contribution in [2.75, 3.05) is 13.2 Å². The Morgan fingerprint density at radius 3 is 2.52 bits per heavy atom. The molecule has 0 saturated carbocycles. The minimum Gasteiger partial charge on any atom is -0.491 e. The van der Waals surface area contributed by atoms with Gasteiger partial charge in [-0.3, -0.25) is 0 Å². The van der Waals surface area contributed by atoms with E-state index in [9.17, 15) is 0 Å². The number of aliphatic hydroxyl groups is 1. The molecule has 0 amide bonds. The zero-order valence-corrected chi connectivity index (χ0v) is 12.7. The van der Waals surface area contributed by atoms with Gasteiger partial charge < -0.3 is 15.2 Å². The first kappa shape index (κ1) is 15.5. The Balaban J connectivity index is 1.97. The van der Waals surface area contributed by atoms with E-state index in [0.717, 1.165) is 17.9 Å². The molecule has 21 heavy (non-hydrogen) atoms. The molecule has 0 aliphatic heterocycles. The Bertz CT molecular complexity index is 551. The number of ether oxygens (including phenoxy) is 1. The molecule has 0 aliphatic rings. The highest BCUT2D eigenvalue weighted by Gasteiger charge is 2.07. The van der Waals surface area contributed by atoms with Crippen molar-refractivity contribution >= 4 is 0 Å². The van der Waals surface area contributed by atoms with Crippen LogP contribution in [0.3, 0.4) is 0 Å². The molecule has 3 heteroatoms. The zero-order valence-electron chi connectivity index (χ0n) is 12.7. The van der Waals surface area contributed by atoms with Gasteiger partial charge in [-0.15, -0.1) is 0 Å². The van der Waals surface area contributed by atoms with E-state index in [2.05, 4.69) is 43.4 Å². The Hall–Kier alpha value is -1.84. The lowest BCUT2D eigenvalue weighted by Gasteiger charge is -2.16. The molecular weight excluding hydrogens is 262 g/mol. The summed E-state index contributed by atoms with van der Waals surface area (Å²) in [5.41, 5.74) is 3.65. The molecule has 1 atom stereocenters. The number of nitrogens with one attached hydrogen (secondary N) is 1. The fourth-order valence-corrected chi connectivity index (χ4v) is 2.18. The van der Waals surface area contributed by atoms with Crippen LogP contribution in [0.2, 0.25) is 0 Å². The third-order valence-corrected chi connectivity index (χ3v) is 3.50. The molecule has 0 aromatic heterocycles. The van der Waals surface area contributed by atoms with Crippen molar-refractivity contribution in [2.45, 2.75) is 26.4 Å². The lowest BCUT2D eigenvalue weighted by atomic mass is 10.1. The standard InChI is InChI=1S/C18H23NO2/c1-14-7-9-16(10-8-14)15(2)19-13-17-5-3-4-6-18(17)21-12-11-20/h3-10,15,19-20H,11-13H2,1-2H3. The van der Waals surface area contributed by atoms with Crippen molar-refractivity contribution in [1.29, 1.82) is 0 Å². The van der Waals surface area contributed by atoms with Gasteiger partial charge in [-0.05, 0) is 25.5 Å². The van der Waals surface area contributed by atoms with E-state index in [1.54, 1.807) is 0 Å². The number of rotatable bonds is 7. The second-order valence-corrected chi connectivity index (χ2v) is 5.19. The molecule has 0 bridgehead atoms. The van der Waals surface area contributed by atoms with Crippen LogP contribution in [0, 0.1) is 6.92 Å². The van der Waals surface area contributed by atoms with Gasteiger partial charge in [0.15, 0.2) is 0 Å². The lowest BCUT2D eigenvalue weighted by molar-refractivity contribution is 0.200. The highest BCUT2D eigenvalue weighted by molar-refractivity contribution is 5.33. The quantitative estimate of drug-likeness (QED) is 0.820. The molecule has 3 nitrogen and oxygen atoms in total. The number of aliphatic hydroxyl groups excluding tert-OH is 1. The van der Waals surface area contributed by atoms with E-state index in [1.165, 1.54) is 11.1 Å². The maximum atomic E-state index is 8.87. The van der Waals surface area contributed by atoms with Crippen molar-refractivity contribution in [3.8, 4) is 5.75 Å². The first-order chi connectivity index (χ1) is 10.2. The van der Waals surface area contributed by atoms with Gasteiger partial charge in [-0.25, -0.2) is 0 Å². The monoisotopic (exact) mass is 285 g/mol. The maximum Gasteiger partial charge on any atom is 0.123 e. The van der Waals surface area contributed by atoms with Crippen LogP contribution in [-0.4, -0.2) is 18.3 Å². The summed E-state index contributed by atoms with van der Waals surface area (Å²) >= 11 is 0. The Morgan fingerprint density at radius 2 is 1.81 bits per heavy atom. The summed E-state index contributed by atoms with van der Waals surface area (Å²) in [6.07, 6.45) is 0. The highest BCUT2D eigenvalue weighted by Crippen LogP contribution is 2.20. The minimum absolute atomic E-state index is 0.0293. The van der Waals surface area contributed by atoms with Gasteiger partial charge in [-0.2, -0.15) is 0 Å². The van der Waals surface area contributed by atoms with E-state index in [-0.39, 0.29) is 12.6 Å². The summed E-state index contributed by atoms with van der Waals surface area (Å²) in [6, 6.07) is 16.8. The number of hydrogen-bond donors (Lipinski definition) is 2.